The molecule has 1 saturated heterocycles. The first kappa shape index (κ1) is 14.8. The van der Waals surface area contributed by atoms with Crippen LogP contribution in [0.1, 0.15) is 44.9 Å². The molecule has 3 atom stereocenters. The molecule has 3 unspecified atom stereocenters. The number of fused-ring (bicyclic) bond motifs is 1. The summed E-state index contributed by atoms with van der Waals surface area (Å²) in [5, 5.41) is 0. The lowest BCUT2D eigenvalue weighted by atomic mass is 9.75. The Morgan fingerprint density at radius 2 is 2.05 bits per heavy atom. The fourth-order valence-corrected chi connectivity index (χ4v) is 3.61. The van der Waals surface area contributed by atoms with E-state index in [0.29, 0.717) is 6.61 Å². The third-order valence-electron chi connectivity index (χ3n) is 4.78. The van der Waals surface area contributed by atoms with Gasteiger partial charge in [-0.15, -0.1) is 0 Å². The summed E-state index contributed by atoms with van der Waals surface area (Å²) >= 11 is 0. The minimum Gasteiger partial charge on any atom is -0.385 e. The molecule has 0 aromatic heterocycles. The molecule has 1 heterocycles. The first-order valence-electron chi connectivity index (χ1n) is 7.75. The Labute approximate surface area is 116 Å². The van der Waals surface area contributed by atoms with Crippen LogP contribution < -0.4 is 5.73 Å². The highest BCUT2D eigenvalue weighted by atomic mass is 16.5. The zero-order chi connectivity index (χ0) is 13.7. The zero-order valence-corrected chi connectivity index (χ0v) is 12.1. The van der Waals surface area contributed by atoms with Gasteiger partial charge >= 0.3 is 0 Å². The largest absolute Gasteiger partial charge is 0.385 e. The second kappa shape index (κ2) is 7.25. The second-order valence-corrected chi connectivity index (χ2v) is 6.12. The molecule has 110 valence electrons. The molecule has 1 aliphatic heterocycles. The molecule has 0 spiro atoms. The number of methoxy groups -OCH3 is 1. The van der Waals surface area contributed by atoms with Crippen LogP contribution >= 0.6 is 0 Å². The fraction of sp³-hybridized carbons (Fsp3) is 0.933. The number of ether oxygens (including phenoxy) is 1. The molecular formula is C15H28N2O2. The molecule has 1 amide bonds. The Morgan fingerprint density at radius 3 is 2.79 bits per heavy atom. The van der Waals surface area contributed by atoms with Gasteiger partial charge in [-0.2, -0.15) is 0 Å². The second-order valence-electron chi connectivity index (χ2n) is 6.12. The first-order chi connectivity index (χ1) is 9.22. The highest BCUT2D eigenvalue weighted by Crippen LogP contribution is 2.36. The van der Waals surface area contributed by atoms with Crippen molar-refractivity contribution in [2.45, 2.75) is 51.0 Å². The molecule has 1 saturated carbocycles. The number of amides is 1. The first-order valence-corrected chi connectivity index (χ1v) is 7.75. The quantitative estimate of drug-likeness (QED) is 0.773. The minimum atomic E-state index is -0.338. The Morgan fingerprint density at radius 1 is 1.32 bits per heavy atom. The third kappa shape index (κ3) is 3.93. The van der Waals surface area contributed by atoms with Crippen molar-refractivity contribution in [1.82, 2.24) is 4.90 Å². The molecular weight excluding hydrogens is 240 g/mol. The number of carbonyl (C=O) groups is 1. The topological polar surface area (TPSA) is 55.6 Å². The van der Waals surface area contributed by atoms with E-state index in [1.54, 1.807) is 7.11 Å². The maximum absolute atomic E-state index is 12.3. The zero-order valence-electron chi connectivity index (χ0n) is 12.1. The van der Waals surface area contributed by atoms with E-state index in [1.165, 1.54) is 32.1 Å². The molecule has 2 rings (SSSR count). The van der Waals surface area contributed by atoms with Gasteiger partial charge in [0.2, 0.25) is 5.91 Å². The lowest BCUT2D eigenvalue weighted by Crippen LogP contribution is -2.50. The number of carbonyl (C=O) groups excluding carboxylic acids is 1. The van der Waals surface area contributed by atoms with Crippen molar-refractivity contribution in [1.29, 1.82) is 0 Å². The SMILES string of the molecule is COCCCC(N)C(=O)N1CCC2CCCCC2C1. The summed E-state index contributed by atoms with van der Waals surface area (Å²) in [6.45, 7) is 2.55. The summed E-state index contributed by atoms with van der Waals surface area (Å²) in [5.74, 6) is 1.75. The van der Waals surface area contributed by atoms with Crippen LogP contribution in [0.15, 0.2) is 0 Å². The van der Waals surface area contributed by atoms with Gasteiger partial charge in [0.1, 0.15) is 0 Å². The van der Waals surface area contributed by atoms with Crippen molar-refractivity contribution in [2.24, 2.45) is 17.6 Å². The molecule has 2 N–H and O–H groups in total. The van der Waals surface area contributed by atoms with Gasteiger partial charge in [-0.25, -0.2) is 0 Å². The van der Waals surface area contributed by atoms with Crippen LogP contribution in [0.2, 0.25) is 0 Å². The number of hydrogen-bond donors (Lipinski definition) is 1. The monoisotopic (exact) mass is 268 g/mol. The summed E-state index contributed by atoms with van der Waals surface area (Å²) < 4.78 is 5.01. The third-order valence-corrected chi connectivity index (χ3v) is 4.78. The van der Waals surface area contributed by atoms with Gasteiger partial charge in [0.15, 0.2) is 0 Å². The summed E-state index contributed by atoms with van der Waals surface area (Å²) in [4.78, 5) is 14.3. The number of rotatable bonds is 5. The van der Waals surface area contributed by atoms with E-state index in [0.717, 1.165) is 37.8 Å². The molecule has 1 aliphatic carbocycles. The van der Waals surface area contributed by atoms with E-state index < -0.39 is 0 Å². The van der Waals surface area contributed by atoms with Crippen molar-refractivity contribution in [3.05, 3.63) is 0 Å². The molecule has 4 heteroatoms. The van der Waals surface area contributed by atoms with E-state index >= 15 is 0 Å². The maximum atomic E-state index is 12.3. The lowest BCUT2D eigenvalue weighted by Gasteiger charge is -2.42. The Kier molecular flexibility index (Phi) is 5.64. The molecule has 2 aliphatic rings. The molecule has 4 nitrogen and oxygen atoms in total. The number of likely N-dealkylation sites (tertiary alicyclic amines) is 1. The normalized spacial score (nSPS) is 28.8. The Balaban J connectivity index is 1.79. The average molecular weight is 268 g/mol. The van der Waals surface area contributed by atoms with Crippen molar-refractivity contribution < 1.29 is 9.53 Å². The van der Waals surface area contributed by atoms with E-state index in [1.807, 2.05) is 4.90 Å². The summed E-state index contributed by atoms with van der Waals surface area (Å²) in [5.41, 5.74) is 6.01. The highest BCUT2D eigenvalue weighted by Gasteiger charge is 2.34. The summed E-state index contributed by atoms with van der Waals surface area (Å²) in [6, 6.07) is -0.338. The van der Waals surface area contributed by atoms with Crippen LogP contribution in [0, 0.1) is 11.8 Å². The van der Waals surface area contributed by atoms with Crippen LogP contribution in [0.3, 0.4) is 0 Å². The molecule has 0 aromatic rings. The van der Waals surface area contributed by atoms with Crippen molar-refractivity contribution in [3.8, 4) is 0 Å². The van der Waals surface area contributed by atoms with Gasteiger partial charge in [-0.3, -0.25) is 4.79 Å². The van der Waals surface area contributed by atoms with E-state index in [9.17, 15) is 4.79 Å². The fourth-order valence-electron chi connectivity index (χ4n) is 3.61. The van der Waals surface area contributed by atoms with Gasteiger partial charge in [0.25, 0.3) is 0 Å². The Bertz CT molecular complexity index is 296. The van der Waals surface area contributed by atoms with Crippen LogP contribution in [0.4, 0.5) is 0 Å². The molecule has 2 fully saturated rings. The predicted molar refractivity (Wildman–Crippen MR) is 75.7 cm³/mol. The molecule has 0 aromatic carbocycles. The summed E-state index contributed by atoms with van der Waals surface area (Å²) in [6.07, 6.45) is 8.16. The van der Waals surface area contributed by atoms with E-state index in [2.05, 4.69) is 0 Å². The van der Waals surface area contributed by atoms with E-state index in [-0.39, 0.29) is 11.9 Å². The predicted octanol–water partition coefficient (Wildman–Crippen LogP) is 1.78. The van der Waals surface area contributed by atoms with Gasteiger partial charge in [0, 0.05) is 26.8 Å². The standard InChI is InChI=1S/C15H28N2O2/c1-19-10-4-7-14(16)15(18)17-9-8-12-5-2-3-6-13(12)11-17/h12-14H,2-11,16H2,1H3. The van der Waals surface area contributed by atoms with Crippen molar-refractivity contribution in [2.75, 3.05) is 26.8 Å². The van der Waals surface area contributed by atoms with Crippen LogP contribution in [-0.4, -0.2) is 43.7 Å². The minimum absolute atomic E-state index is 0.153. The number of piperidine rings is 1. The molecule has 0 radical (unpaired) electrons. The number of nitrogens with two attached hydrogens (primary N) is 1. The van der Waals surface area contributed by atoms with E-state index in [4.69, 9.17) is 10.5 Å². The maximum Gasteiger partial charge on any atom is 0.239 e. The van der Waals surface area contributed by atoms with Gasteiger partial charge in [-0.05, 0) is 37.5 Å². The molecule has 19 heavy (non-hydrogen) atoms. The Hall–Kier alpha value is -0.610. The smallest absolute Gasteiger partial charge is 0.239 e. The van der Waals surface area contributed by atoms with Crippen molar-refractivity contribution in [3.63, 3.8) is 0 Å². The van der Waals surface area contributed by atoms with Gasteiger partial charge in [-0.1, -0.05) is 19.3 Å². The molecule has 0 bridgehead atoms. The lowest BCUT2D eigenvalue weighted by molar-refractivity contribution is -0.135. The average Bonchev–Trinajstić information content (AvgIpc) is 2.46. The van der Waals surface area contributed by atoms with Crippen molar-refractivity contribution >= 4 is 5.91 Å². The number of hydrogen-bond acceptors (Lipinski definition) is 3. The van der Waals surface area contributed by atoms with Crippen LogP contribution in [-0.2, 0) is 9.53 Å². The highest BCUT2D eigenvalue weighted by molar-refractivity contribution is 5.81. The van der Waals surface area contributed by atoms with Crippen LogP contribution in [0.5, 0.6) is 0 Å². The number of nitrogens with zero attached hydrogens (tertiary/aromatic N) is 1. The van der Waals surface area contributed by atoms with Crippen LogP contribution in [0.25, 0.3) is 0 Å². The summed E-state index contributed by atoms with van der Waals surface area (Å²) in [7, 11) is 1.68. The van der Waals surface area contributed by atoms with Gasteiger partial charge < -0.3 is 15.4 Å². The van der Waals surface area contributed by atoms with Gasteiger partial charge in [0.05, 0.1) is 6.04 Å².